The van der Waals surface area contributed by atoms with Crippen LogP contribution < -0.4 is 5.32 Å². The van der Waals surface area contributed by atoms with Gasteiger partial charge in [-0.1, -0.05) is 19.1 Å². The van der Waals surface area contributed by atoms with Crippen LogP contribution in [-0.2, 0) is 9.59 Å². The van der Waals surface area contributed by atoms with Gasteiger partial charge < -0.3 is 15.1 Å². The maximum Gasteiger partial charge on any atom is 0.314 e. The average molecular weight is 706 g/mol. The molecule has 2 aliphatic heterocycles. The standard InChI is InChI=1S/C15H20N2S.C14H17IN5O2P/c1-15(2)10-11(8-9-17(15)3)14-16-12-6-4-5-7-13(12)18-14;1-9-3-2-4-19(8-9)14(22)13(21)18-11-7-16-5-10-6-17-20(23-15)12(10)11/h4-7,11H,8-10H2,1-3H3;5-7,9,23H,2-4,8H2,1H3,(H,18,21). The molecule has 2 fully saturated rings. The summed E-state index contributed by atoms with van der Waals surface area (Å²) in [6.07, 6.45) is 9.85. The summed E-state index contributed by atoms with van der Waals surface area (Å²) in [6, 6.07) is 8.47. The molecule has 218 valence electrons. The Morgan fingerprint density at radius 3 is 2.68 bits per heavy atom. The first-order valence-electron chi connectivity index (χ1n) is 14.0. The van der Waals surface area contributed by atoms with Crippen LogP contribution in [0.4, 0.5) is 5.69 Å². The molecule has 0 bridgehead atoms. The number of halogens is 1. The van der Waals surface area contributed by atoms with Gasteiger partial charge in [0.15, 0.2) is 0 Å². The fourth-order valence-corrected chi connectivity index (χ4v) is 8.25. The van der Waals surface area contributed by atoms with Crippen LogP contribution >= 0.6 is 39.8 Å². The first-order chi connectivity index (χ1) is 19.7. The van der Waals surface area contributed by atoms with Crippen LogP contribution in [0.25, 0.3) is 21.1 Å². The van der Waals surface area contributed by atoms with Crippen LogP contribution in [0.2, 0.25) is 0 Å². The minimum atomic E-state index is -0.613. The van der Waals surface area contributed by atoms with Crippen LogP contribution in [0.15, 0.2) is 42.9 Å². The smallest absolute Gasteiger partial charge is 0.314 e. The topological polar surface area (TPSA) is 96.2 Å². The van der Waals surface area contributed by atoms with E-state index in [0.717, 1.165) is 29.3 Å². The lowest BCUT2D eigenvalue weighted by Gasteiger charge is -2.43. The molecule has 9 nitrogen and oxygen atoms in total. The third kappa shape index (κ3) is 6.89. The predicted octanol–water partition coefficient (Wildman–Crippen LogP) is 6.30. The number of benzene rings is 1. The van der Waals surface area contributed by atoms with Gasteiger partial charge in [0.1, 0.15) is 0 Å². The molecule has 2 amide bonds. The molecule has 41 heavy (non-hydrogen) atoms. The molecule has 1 N–H and O–H groups in total. The average Bonchev–Trinajstić information content (AvgIpc) is 3.59. The normalized spacial score (nSPS) is 21.2. The number of nitrogens with one attached hydrogen (secondary N) is 1. The van der Waals surface area contributed by atoms with Gasteiger partial charge >= 0.3 is 11.8 Å². The summed E-state index contributed by atoms with van der Waals surface area (Å²) >= 11 is 4.10. The number of piperidine rings is 2. The second kappa shape index (κ2) is 13.0. The maximum atomic E-state index is 12.3. The van der Waals surface area contributed by atoms with Gasteiger partial charge in [0.25, 0.3) is 0 Å². The summed E-state index contributed by atoms with van der Waals surface area (Å²) in [6.45, 7) is 9.24. The summed E-state index contributed by atoms with van der Waals surface area (Å²) < 4.78 is 3.12. The van der Waals surface area contributed by atoms with Gasteiger partial charge in [-0.2, -0.15) is 5.10 Å². The minimum absolute atomic E-state index is 0.292. The summed E-state index contributed by atoms with van der Waals surface area (Å²) in [7, 11) is 2.23. The SMILES string of the molecule is CC1CCCN(C(=O)C(=O)Nc2cncc3cnn(PI)c23)C1.CN1CCC(c2nc3ccccc3s2)CC1(C)C. The van der Waals surface area contributed by atoms with Crippen molar-refractivity contribution < 1.29 is 9.59 Å². The Balaban J connectivity index is 0.000000169. The lowest BCUT2D eigenvalue weighted by Crippen LogP contribution is -2.46. The van der Waals surface area contributed by atoms with Crippen molar-refractivity contribution >= 4 is 78.4 Å². The van der Waals surface area contributed by atoms with Gasteiger partial charge in [-0.15, -0.1) is 11.3 Å². The van der Waals surface area contributed by atoms with E-state index >= 15 is 0 Å². The van der Waals surface area contributed by atoms with E-state index in [4.69, 9.17) is 4.98 Å². The molecule has 1 aromatic carbocycles. The maximum absolute atomic E-state index is 12.3. The van der Waals surface area contributed by atoms with E-state index in [1.54, 1.807) is 27.9 Å². The van der Waals surface area contributed by atoms with E-state index in [1.165, 1.54) is 29.1 Å². The monoisotopic (exact) mass is 705 g/mol. The molecule has 5 heterocycles. The van der Waals surface area contributed by atoms with Crippen LogP contribution in [0.5, 0.6) is 0 Å². The van der Waals surface area contributed by atoms with Crippen LogP contribution in [-0.4, -0.2) is 73.4 Å². The van der Waals surface area contributed by atoms with Crippen LogP contribution in [0.1, 0.15) is 57.4 Å². The van der Waals surface area contributed by atoms with Gasteiger partial charge in [0.2, 0.25) is 0 Å². The van der Waals surface area contributed by atoms with Crippen LogP contribution in [0, 0.1) is 5.92 Å². The molecule has 0 radical (unpaired) electrons. The number of hydrogen-bond acceptors (Lipinski definition) is 7. The third-order valence-corrected chi connectivity index (χ3v) is 11.3. The first-order valence-corrected chi connectivity index (χ1v) is 18.9. The summed E-state index contributed by atoms with van der Waals surface area (Å²) in [5, 5.41) is 9.14. The molecule has 6 rings (SSSR count). The molecule has 3 aromatic heterocycles. The zero-order valence-corrected chi connectivity index (χ0v) is 27.9. The highest BCUT2D eigenvalue weighted by Crippen LogP contribution is 2.39. The van der Waals surface area contributed by atoms with Crippen molar-refractivity contribution in [2.24, 2.45) is 5.92 Å². The number of hydrogen-bond donors (Lipinski definition) is 1. The molecule has 0 spiro atoms. The Hall–Kier alpha value is -2.21. The number of likely N-dealkylation sites (tertiary alicyclic amines) is 2. The Kier molecular flexibility index (Phi) is 9.57. The molecule has 12 heteroatoms. The highest BCUT2D eigenvalue weighted by Gasteiger charge is 2.34. The molecule has 4 aromatic rings. The Bertz CT molecular complexity index is 1510. The molecular formula is C29H37IN7O2PS. The Morgan fingerprint density at radius 2 is 1.95 bits per heavy atom. The molecule has 3 unspecified atom stereocenters. The highest BCUT2D eigenvalue weighted by molar-refractivity contribution is 14.2. The van der Waals surface area contributed by atoms with Crippen molar-refractivity contribution in [3.05, 3.63) is 47.9 Å². The van der Waals surface area contributed by atoms with E-state index in [-0.39, 0.29) is 0 Å². The van der Waals surface area contributed by atoms with E-state index in [9.17, 15) is 9.59 Å². The summed E-state index contributed by atoms with van der Waals surface area (Å²) in [4.78, 5) is 37.7. The lowest BCUT2D eigenvalue weighted by atomic mass is 9.83. The zero-order chi connectivity index (χ0) is 29.1. The molecule has 2 saturated heterocycles. The number of para-hydroxylation sites is 1. The van der Waals surface area contributed by atoms with Gasteiger partial charge in [0, 0.05) is 36.1 Å². The van der Waals surface area contributed by atoms with E-state index in [2.05, 4.69) is 94.4 Å². The molecule has 2 aliphatic rings. The van der Waals surface area contributed by atoms with E-state index < -0.39 is 11.8 Å². The number of pyridine rings is 1. The zero-order valence-electron chi connectivity index (χ0n) is 23.9. The lowest BCUT2D eigenvalue weighted by molar-refractivity contribution is -0.144. The summed E-state index contributed by atoms with van der Waals surface area (Å²) in [5.74, 6) is -0.0182. The second-order valence-electron chi connectivity index (χ2n) is 11.7. The number of anilines is 1. The minimum Gasteiger partial charge on any atom is -0.334 e. The van der Waals surface area contributed by atoms with Crippen molar-refractivity contribution in [3.8, 4) is 0 Å². The van der Waals surface area contributed by atoms with Gasteiger partial charge in [0.05, 0.1) is 45.2 Å². The van der Waals surface area contributed by atoms with Crippen molar-refractivity contribution in [1.29, 1.82) is 0 Å². The first kappa shape index (κ1) is 30.3. The Morgan fingerprint density at radius 1 is 1.15 bits per heavy atom. The number of carbonyl (C=O) groups is 2. The van der Waals surface area contributed by atoms with Gasteiger partial charge in [-0.3, -0.25) is 14.6 Å². The van der Waals surface area contributed by atoms with Gasteiger partial charge in [-0.25, -0.2) is 9.44 Å². The van der Waals surface area contributed by atoms with Crippen LogP contribution in [0.3, 0.4) is 0 Å². The van der Waals surface area contributed by atoms with Crippen molar-refractivity contribution in [1.82, 2.24) is 29.3 Å². The van der Waals surface area contributed by atoms with Crippen molar-refractivity contribution in [2.45, 2.75) is 57.9 Å². The Labute approximate surface area is 259 Å². The fourth-order valence-electron chi connectivity index (χ4n) is 5.62. The van der Waals surface area contributed by atoms with Crippen molar-refractivity contribution in [3.63, 3.8) is 0 Å². The van der Waals surface area contributed by atoms with E-state index in [1.807, 2.05) is 11.3 Å². The fraction of sp³-hybridized carbons (Fsp3) is 0.483. The number of amides is 2. The molecule has 3 atom stereocenters. The van der Waals surface area contributed by atoms with Crippen molar-refractivity contribution in [2.75, 3.05) is 32.0 Å². The van der Waals surface area contributed by atoms with E-state index in [0.29, 0.717) is 42.5 Å². The second-order valence-corrected chi connectivity index (χ2v) is 14.8. The third-order valence-electron chi connectivity index (χ3n) is 8.19. The van der Waals surface area contributed by atoms with Gasteiger partial charge in [-0.05, 0) is 93.2 Å². The highest BCUT2D eigenvalue weighted by atomic mass is 127. The largest absolute Gasteiger partial charge is 0.334 e. The number of carbonyl (C=O) groups excluding carboxylic acids is 2. The predicted molar refractivity (Wildman–Crippen MR) is 177 cm³/mol. The number of fused-ring (bicyclic) bond motifs is 2. The summed E-state index contributed by atoms with van der Waals surface area (Å²) in [5.41, 5.74) is 2.77. The number of aromatic nitrogens is 4. The number of thiazole rings is 1. The quantitative estimate of drug-likeness (QED) is 0.153. The molecular weight excluding hydrogens is 668 g/mol. The number of rotatable bonds is 3. The molecule has 0 aliphatic carbocycles. The molecule has 0 saturated carbocycles. The number of nitrogens with zero attached hydrogens (tertiary/aromatic N) is 6.